The van der Waals surface area contributed by atoms with Crippen LogP contribution in [0.2, 0.25) is 0 Å². The van der Waals surface area contributed by atoms with E-state index in [0.29, 0.717) is 39.2 Å². The Morgan fingerprint density at radius 3 is 1.53 bits per heavy atom. The van der Waals surface area contributed by atoms with Crippen molar-refractivity contribution in [1.82, 2.24) is 27.9 Å². The first-order valence-corrected chi connectivity index (χ1v) is 21.1. The molecule has 0 bridgehead atoms. The van der Waals surface area contributed by atoms with Crippen molar-refractivity contribution in [2.24, 2.45) is 22.7 Å². The minimum absolute atomic E-state index is 0.0159. The van der Waals surface area contributed by atoms with Crippen molar-refractivity contribution in [3.8, 4) is 12.3 Å². The average Bonchev–Trinajstić information content (AvgIpc) is 3.94. The molecule has 6 saturated carbocycles. The molecule has 2 heterocycles. The fourth-order valence-corrected chi connectivity index (χ4v) is 9.01. The molecule has 0 saturated heterocycles. The molecule has 310 valence electrons. The molecule has 0 atom stereocenters. The van der Waals surface area contributed by atoms with Crippen LogP contribution in [-0.4, -0.2) is 47.6 Å². The molecule has 2 aromatic heterocycles. The Labute approximate surface area is 342 Å². The van der Waals surface area contributed by atoms with Crippen molar-refractivity contribution in [3.63, 3.8) is 0 Å². The van der Waals surface area contributed by atoms with Gasteiger partial charge in [0.05, 0.1) is 45.6 Å². The van der Waals surface area contributed by atoms with E-state index in [1.54, 1.807) is 24.3 Å². The molecule has 10 rings (SSSR count). The van der Waals surface area contributed by atoms with Gasteiger partial charge in [0.25, 0.3) is 11.1 Å². The lowest BCUT2D eigenvalue weighted by Crippen LogP contribution is -2.48. The number of aryl methyl sites for hydroxylation is 1. The van der Waals surface area contributed by atoms with Crippen LogP contribution < -0.4 is 42.8 Å². The largest absolute Gasteiger partial charge is 0.390 e. The van der Waals surface area contributed by atoms with Crippen molar-refractivity contribution in [2.75, 3.05) is 10.9 Å². The molecule has 6 fully saturated rings. The number of halogens is 3. The van der Waals surface area contributed by atoms with E-state index in [9.17, 15) is 41.9 Å². The maximum atomic E-state index is 13.0. The zero-order chi connectivity index (χ0) is 41.9. The summed E-state index contributed by atoms with van der Waals surface area (Å²) in [4.78, 5) is 78.3. The number of amides is 2. The van der Waals surface area contributed by atoms with E-state index in [4.69, 9.17) is 6.42 Å². The second kappa shape index (κ2) is 13.6. The Morgan fingerprint density at radius 2 is 1.15 bits per heavy atom. The van der Waals surface area contributed by atoms with Gasteiger partial charge >= 0.3 is 17.6 Å². The number of rotatable bonds is 13. The average molecular weight is 851 g/mol. The van der Waals surface area contributed by atoms with Gasteiger partial charge in [-0.2, -0.15) is 22.5 Å². The summed E-state index contributed by atoms with van der Waals surface area (Å²) < 4.78 is 48.9. The highest BCUT2D eigenvalue weighted by Crippen LogP contribution is 2.76. The van der Waals surface area contributed by atoms with Crippen LogP contribution in [0.15, 0.2) is 65.4 Å². The number of nitrogens with one attached hydrogen (secondary N) is 4. The van der Waals surface area contributed by atoms with Crippen molar-refractivity contribution in [2.45, 2.75) is 112 Å². The molecule has 59 heavy (non-hydrogen) atoms. The molecule has 6 aliphatic carbocycles. The second-order valence-corrected chi connectivity index (χ2v) is 19.2. The predicted octanol–water partition coefficient (Wildman–Crippen LogP) is 4.17. The molecule has 2 aromatic carbocycles. The fraction of sp³-hybridized carbons (Fsp3) is 0.500. The summed E-state index contributed by atoms with van der Waals surface area (Å²) in [6, 6.07) is 10.0. The minimum atomic E-state index is -4.47. The standard InChI is InChI=1S/C20H21F3N4O3S.C20H20N4O3S/c1-18(4-5-18)25-31-12-2-3-14-13(8-12)15(28)27(24-16(29)19-9-11(19)10-19)17(30)26(14)7-6-20(21,22)23;1-3-8-23-15-5-4-13(28-22-19(2)6-7-19)9-14(15)16(25)24(18(23)27)21-17(26)20-10-12(20)11-20/h2-3,8,11,25H,4-7,9-10H2,1H3,(H,24,29);1,4-5,9,12,22H,6-8,10-11H2,2H3,(H,21,26). The third kappa shape index (κ3) is 7.53. The highest BCUT2D eigenvalue weighted by molar-refractivity contribution is 7.97. The highest BCUT2D eigenvalue weighted by Gasteiger charge is 2.75. The van der Waals surface area contributed by atoms with Crippen LogP contribution >= 0.6 is 23.9 Å². The van der Waals surface area contributed by atoms with Crippen molar-refractivity contribution >= 4 is 57.5 Å². The van der Waals surface area contributed by atoms with Crippen molar-refractivity contribution in [1.29, 1.82) is 0 Å². The number of nitrogens with zero attached hydrogens (tertiary/aromatic N) is 4. The lowest BCUT2D eigenvalue weighted by Gasteiger charge is -2.17. The molecule has 14 nitrogen and oxygen atoms in total. The second-order valence-electron chi connectivity index (χ2n) is 17.4. The SMILES string of the molecule is C#CCn1c(=O)n(NC(=O)C23CC2C3)c(=O)c2cc(SNC3(C)CC3)ccc21.CC1(NSc2ccc3c(c2)c(=O)n(NC(=O)C24CC2C4)c(=O)n3CCC(F)(F)F)CC1. The van der Waals surface area contributed by atoms with Crippen LogP contribution in [0.4, 0.5) is 13.2 Å². The predicted molar refractivity (Wildman–Crippen MR) is 217 cm³/mol. The summed E-state index contributed by atoms with van der Waals surface area (Å²) in [5.41, 5.74) is 1.93. The summed E-state index contributed by atoms with van der Waals surface area (Å²) in [6.45, 7) is 3.59. The zero-order valence-corrected chi connectivity index (χ0v) is 33.8. The first-order valence-electron chi connectivity index (χ1n) is 19.5. The van der Waals surface area contributed by atoms with Crippen LogP contribution in [0, 0.1) is 35.0 Å². The van der Waals surface area contributed by atoms with Crippen LogP contribution in [0.25, 0.3) is 21.8 Å². The van der Waals surface area contributed by atoms with E-state index < -0.39 is 53.0 Å². The van der Waals surface area contributed by atoms with Crippen LogP contribution in [-0.2, 0) is 22.7 Å². The minimum Gasteiger partial charge on any atom is -0.291 e. The van der Waals surface area contributed by atoms with E-state index >= 15 is 0 Å². The van der Waals surface area contributed by atoms with Gasteiger partial charge < -0.3 is 0 Å². The zero-order valence-electron chi connectivity index (χ0n) is 32.2. The number of terminal acetylenes is 1. The molecule has 19 heteroatoms. The molecule has 0 aliphatic heterocycles. The Kier molecular flexibility index (Phi) is 9.16. The Hall–Kier alpha value is -4.77. The normalized spacial score (nSPS) is 25.4. The van der Waals surface area contributed by atoms with E-state index in [1.807, 2.05) is 6.07 Å². The van der Waals surface area contributed by atoms with Gasteiger partial charge in [0.1, 0.15) is 0 Å². The summed E-state index contributed by atoms with van der Waals surface area (Å²) >= 11 is 2.79. The first-order chi connectivity index (χ1) is 27.9. The number of aromatic nitrogens is 4. The van der Waals surface area contributed by atoms with Gasteiger partial charge in [-0.15, -0.1) is 6.42 Å². The number of alkyl halides is 3. The van der Waals surface area contributed by atoms with E-state index in [2.05, 4.69) is 40.1 Å². The van der Waals surface area contributed by atoms with Crippen molar-refractivity contribution in [3.05, 3.63) is 78.1 Å². The van der Waals surface area contributed by atoms with Gasteiger partial charge in [0, 0.05) is 27.4 Å². The third-order valence-corrected chi connectivity index (χ3v) is 14.8. The summed E-state index contributed by atoms with van der Waals surface area (Å²) in [5.74, 6) is 2.47. The van der Waals surface area contributed by atoms with E-state index in [-0.39, 0.29) is 45.8 Å². The maximum Gasteiger partial charge on any atom is 0.390 e. The number of hydrogen-bond donors (Lipinski definition) is 4. The maximum absolute atomic E-state index is 13.0. The third-order valence-electron chi connectivity index (χ3n) is 12.6. The summed E-state index contributed by atoms with van der Waals surface area (Å²) in [6.07, 6.45) is 7.16. The highest BCUT2D eigenvalue weighted by atomic mass is 32.2. The van der Waals surface area contributed by atoms with Crippen LogP contribution in [0.5, 0.6) is 0 Å². The number of benzene rings is 2. The Balaban J connectivity index is 0.000000153. The van der Waals surface area contributed by atoms with Gasteiger partial charge in [0.15, 0.2) is 0 Å². The number of carbonyl (C=O) groups is 2. The first kappa shape index (κ1) is 39.7. The van der Waals surface area contributed by atoms with Gasteiger partial charge in [-0.05, 0) is 137 Å². The monoisotopic (exact) mass is 850 g/mol. The summed E-state index contributed by atoms with van der Waals surface area (Å²) in [5, 5.41) is 0.430. The van der Waals surface area contributed by atoms with Gasteiger partial charge in [-0.25, -0.2) is 9.59 Å². The molecule has 6 aliphatic rings. The quantitative estimate of drug-likeness (QED) is 0.113. The van der Waals surface area contributed by atoms with E-state index in [1.165, 1.54) is 34.5 Å². The van der Waals surface area contributed by atoms with Crippen LogP contribution in [0.1, 0.15) is 71.6 Å². The summed E-state index contributed by atoms with van der Waals surface area (Å²) in [7, 11) is 0. The van der Waals surface area contributed by atoms with Gasteiger partial charge in [-0.3, -0.25) is 48.6 Å². The molecular weight excluding hydrogens is 810 g/mol. The van der Waals surface area contributed by atoms with E-state index in [0.717, 1.165) is 52.7 Å². The Bertz CT molecular complexity index is 2770. The molecule has 4 N–H and O–H groups in total. The molecule has 2 amide bonds. The molecule has 4 aromatic rings. The number of carbonyl (C=O) groups excluding carboxylic acids is 2. The lowest BCUT2D eigenvalue weighted by molar-refractivity contribution is -0.136. The topological polar surface area (TPSA) is 170 Å². The number of hydrogen-bond acceptors (Lipinski definition) is 10. The fourth-order valence-electron chi connectivity index (χ4n) is 7.24. The smallest absolute Gasteiger partial charge is 0.291 e. The molecule has 0 radical (unpaired) electrons. The van der Waals surface area contributed by atoms with Crippen molar-refractivity contribution < 1.29 is 22.8 Å². The lowest BCUT2D eigenvalue weighted by atomic mass is 10.2. The molecular formula is C40H41F3N8O6S2. The molecule has 0 unspecified atom stereocenters. The number of fused-ring (bicyclic) bond motifs is 4. The van der Waals surface area contributed by atoms with Gasteiger partial charge in [0.2, 0.25) is 11.8 Å². The van der Waals surface area contributed by atoms with Gasteiger partial charge in [-0.1, -0.05) is 5.92 Å². The Morgan fingerprint density at radius 1 is 0.746 bits per heavy atom. The van der Waals surface area contributed by atoms with Crippen LogP contribution in [0.3, 0.4) is 0 Å². The molecule has 0 spiro atoms.